The summed E-state index contributed by atoms with van der Waals surface area (Å²) in [6.45, 7) is 12.7. The summed E-state index contributed by atoms with van der Waals surface area (Å²) in [5.41, 5.74) is -0.740. The SMILES string of the molecule is CC[C@](O[SiH](C)C)([C@@H]1C(=O)N2C(C(=O)O)=C(Sc3ccccc3)S[C@H]12)C(C)(C)C. The standard InChI is InChI=1S/C21H29NO4S2Si/c1-7-21(20(2,3)4,26-29(5)6)14-16(23)22-15(18(24)25)19(28-17(14)22)27-13-11-9-8-10-12-13/h8-12,14,17,29H,7H2,1-6H3,(H,24,25)/t14-,17-,21+/m1/s1. The molecule has 0 aromatic heterocycles. The minimum Gasteiger partial charge on any atom is -0.477 e. The lowest BCUT2D eigenvalue weighted by Gasteiger charge is -2.57. The Labute approximate surface area is 183 Å². The molecule has 8 heteroatoms. The topological polar surface area (TPSA) is 66.8 Å². The maximum Gasteiger partial charge on any atom is 0.354 e. The van der Waals surface area contributed by atoms with E-state index in [9.17, 15) is 14.7 Å². The molecule has 2 aliphatic heterocycles. The third-order valence-corrected chi connectivity index (χ3v) is 9.05. The highest BCUT2D eigenvalue weighted by Gasteiger charge is 2.66. The van der Waals surface area contributed by atoms with Gasteiger partial charge < -0.3 is 9.53 Å². The van der Waals surface area contributed by atoms with Crippen LogP contribution in [0.4, 0.5) is 0 Å². The molecule has 3 rings (SSSR count). The molecule has 1 amide bonds. The molecule has 0 unspecified atom stereocenters. The second-order valence-corrected chi connectivity index (χ2v) is 13.5. The molecular weight excluding hydrogens is 422 g/mol. The Balaban J connectivity index is 1.97. The van der Waals surface area contributed by atoms with Gasteiger partial charge in [-0.15, -0.1) is 0 Å². The summed E-state index contributed by atoms with van der Waals surface area (Å²) in [6.07, 6.45) is 0.715. The number of thioether (sulfide) groups is 2. The molecule has 3 atom stereocenters. The predicted octanol–water partition coefficient (Wildman–Crippen LogP) is 4.76. The Morgan fingerprint density at radius 3 is 2.38 bits per heavy atom. The maximum atomic E-state index is 13.3. The van der Waals surface area contributed by atoms with Crippen molar-refractivity contribution in [2.24, 2.45) is 11.3 Å². The van der Waals surface area contributed by atoms with Crippen LogP contribution in [-0.2, 0) is 14.0 Å². The number of nitrogens with zero attached hydrogens (tertiary/aromatic N) is 1. The van der Waals surface area contributed by atoms with Crippen LogP contribution in [-0.4, -0.2) is 41.9 Å². The largest absolute Gasteiger partial charge is 0.477 e. The van der Waals surface area contributed by atoms with Crippen molar-refractivity contribution in [3.8, 4) is 0 Å². The molecule has 0 aliphatic carbocycles. The Kier molecular flexibility index (Phi) is 6.30. The Bertz CT molecular complexity index is 837. The Morgan fingerprint density at radius 1 is 1.28 bits per heavy atom. The summed E-state index contributed by atoms with van der Waals surface area (Å²) < 4.78 is 7.26. The lowest BCUT2D eigenvalue weighted by molar-refractivity contribution is -0.177. The monoisotopic (exact) mass is 451 g/mol. The maximum absolute atomic E-state index is 13.3. The van der Waals surface area contributed by atoms with Gasteiger partial charge in [0.2, 0.25) is 5.91 Å². The van der Waals surface area contributed by atoms with Gasteiger partial charge in [-0.25, -0.2) is 4.79 Å². The Morgan fingerprint density at radius 2 is 1.90 bits per heavy atom. The molecule has 0 saturated carbocycles. The summed E-state index contributed by atoms with van der Waals surface area (Å²) in [5.74, 6) is -1.53. The van der Waals surface area contributed by atoms with E-state index in [1.807, 2.05) is 30.3 Å². The molecule has 5 nitrogen and oxygen atoms in total. The van der Waals surface area contributed by atoms with Crippen LogP contribution in [0.3, 0.4) is 0 Å². The number of benzene rings is 1. The number of β-lactam (4-membered cyclic amide) rings is 1. The fourth-order valence-corrected chi connectivity index (χ4v) is 8.72. The van der Waals surface area contributed by atoms with Crippen LogP contribution in [0.2, 0.25) is 13.1 Å². The molecule has 2 heterocycles. The van der Waals surface area contributed by atoms with E-state index in [1.165, 1.54) is 28.4 Å². The van der Waals surface area contributed by atoms with Crippen LogP contribution in [0.15, 0.2) is 45.2 Å². The molecule has 1 aromatic rings. The van der Waals surface area contributed by atoms with Crippen molar-refractivity contribution in [2.75, 3.05) is 0 Å². The van der Waals surface area contributed by atoms with Crippen LogP contribution in [0, 0.1) is 11.3 Å². The molecule has 158 valence electrons. The zero-order valence-corrected chi connectivity index (χ0v) is 20.5. The third-order valence-electron chi connectivity index (χ3n) is 5.60. The smallest absolute Gasteiger partial charge is 0.354 e. The second-order valence-electron chi connectivity index (χ2n) is 8.71. The van der Waals surface area contributed by atoms with Gasteiger partial charge in [0.1, 0.15) is 5.37 Å². The average molecular weight is 452 g/mol. The van der Waals surface area contributed by atoms with Crippen molar-refractivity contribution in [1.29, 1.82) is 0 Å². The number of carboxylic acids is 1. The van der Waals surface area contributed by atoms with Gasteiger partial charge in [-0.3, -0.25) is 9.69 Å². The van der Waals surface area contributed by atoms with Crippen LogP contribution in [0.25, 0.3) is 0 Å². The van der Waals surface area contributed by atoms with E-state index in [2.05, 4.69) is 40.8 Å². The van der Waals surface area contributed by atoms with Crippen LogP contribution >= 0.6 is 23.5 Å². The van der Waals surface area contributed by atoms with Gasteiger partial charge in [-0.05, 0) is 37.1 Å². The summed E-state index contributed by atoms with van der Waals surface area (Å²) in [5, 5.41) is 9.62. The van der Waals surface area contributed by atoms with Crippen molar-refractivity contribution in [3.63, 3.8) is 0 Å². The van der Waals surface area contributed by atoms with E-state index >= 15 is 0 Å². The van der Waals surface area contributed by atoms with Crippen molar-refractivity contribution in [3.05, 3.63) is 40.3 Å². The zero-order valence-electron chi connectivity index (χ0n) is 17.8. The minimum atomic E-state index is -1.44. The van der Waals surface area contributed by atoms with E-state index in [-0.39, 0.29) is 28.3 Å². The number of carbonyl (C=O) groups is 2. The normalized spacial score (nSPS) is 23.8. The van der Waals surface area contributed by atoms with Crippen molar-refractivity contribution >= 4 is 44.4 Å². The molecule has 2 aliphatic rings. The number of amides is 1. The summed E-state index contributed by atoms with van der Waals surface area (Å²) in [7, 11) is -1.44. The molecular formula is C21H29NO4S2Si. The van der Waals surface area contributed by atoms with Crippen molar-refractivity contribution < 1.29 is 19.1 Å². The Hall–Kier alpha value is -1.22. The number of hydrogen-bond acceptors (Lipinski definition) is 5. The molecule has 29 heavy (non-hydrogen) atoms. The first kappa shape index (κ1) is 22.5. The molecule has 1 aromatic carbocycles. The van der Waals surface area contributed by atoms with Gasteiger partial charge in [0, 0.05) is 4.90 Å². The van der Waals surface area contributed by atoms with Crippen molar-refractivity contribution in [1.82, 2.24) is 4.90 Å². The first-order chi connectivity index (χ1) is 13.5. The molecule has 1 N–H and O–H groups in total. The van der Waals surface area contributed by atoms with Gasteiger partial charge in [0.25, 0.3) is 0 Å². The van der Waals surface area contributed by atoms with Gasteiger partial charge in [0.15, 0.2) is 14.7 Å². The number of aliphatic carboxylic acids is 1. The number of carboxylic acid groups (broad SMARTS) is 1. The summed E-state index contributed by atoms with van der Waals surface area (Å²) in [4.78, 5) is 27.8. The highest BCUT2D eigenvalue weighted by molar-refractivity contribution is 8.22. The first-order valence-electron chi connectivity index (χ1n) is 9.91. The minimum absolute atomic E-state index is 0.107. The molecule has 1 fully saturated rings. The lowest BCUT2D eigenvalue weighted by Crippen LogP contribution is -2.70. The summed E-state index contributed by atoms with van der Waals surface area (Å²) in [6, 6.07) is 9.68. The van der Waals surface area contributed by atoms with Crippen LogP contribution in [0.5, 0.6) is 0 Å². The number of fused-ring (bicyclic) bond motifs is 1. The number of hydrogen-bond donors (Lipinski definition) is 1. The van der Waals surface area contributed by atoms with E-state index < -0.39 is 20.6 Å². The summed E-state index contributed by atoms with van der Waals surface area (Å²) >= 11 is 2.91. The van der Waals surface area contributed by atoms with E-state index in [0.717, 1.165) is 4.90 Å². The molecule has 0 bridgehead atoms. The fraction of sp³-hybridized carbons (Fsp3) is 0.524. The number of carbonyl (C=O) groups excluding carboxylic acids is 1. The van der Waals surface area contributed by atoms with Crippen molar-refractivity contribution in [2.45, 2.75) is 63.1 Å². The zero-order chi connectivity index (χ0) is 21.6. The van der Waals surface area contributed by atoms with Gasteiger partial charge in [-0.1, -0.05) is 69.4 Å². The van der Waals surface area contributed by atoms with Crippen LogP contribution in [0.1, 0.15) is 34.1 Å². The second kappa shape index (κ2) is 8.13. The van der Waals surface area contributed by atoms with Gasteiger partial charge >= 0.3 is 5.97 Å². The van der Waals surface area contributed by atoms with E-state index in [0.29, 0.717) is 10.7 Å². The lowest BCUT2D eigenvalue weighted by atomic mass is 9.64. The highest BCUT2D eigenvalue weighted by Crippen LogP contribution is 2.60. The number of rotatable bonds is 7. The first-order valence-corrected chi connectivity index (χ1v) is 14.4. The fourth-order valence-electron chi connectivity index (χ4n) is 4.35. The van der Waals surface area contributed by atoms with E-state index in [4.69, 9.17) is 4.43 Å². The molecule has 0 spiro atoms. The molecule has 1 saturated heterocycles. The third kappa shape index (κ3) is 3.80. The van der Waals surface area contributed by atoms with Gasteiger partial charge in [0.05, 0.1) is 15.8 Å². The molecule has 0 radical (unpaired) electrons. The van der Waals surface area contributed by atoms with Gasteiger partial charge in [-0.2, -0.15) is 0 Å². The van der Waals surface area contributed by atoms with E-state index in [1.54, 1.807) is 0 Å². The average Bonchev–Trinajstić information content (AvgIpc) is 2.95. The highest BCUT2D eigenvalue weighted by atomic mass is 32.2. The predicted molar refractivity (Wildman–Crippen MR) is 121 cm³/mol. The quantitative estimate of drug-likeness (QED) is 0.476. The van der Waals surface area contributed by atoms with Crippen LogP contribution < -0.4 is 0 Å².